The highest BCUT2D eigenvalue weighted by atomic mass is 16.5. The summed E-state index contributed by atoms with van der Waals surface area (Å²) in [4.78, 5) is 25.1. The highest BCUT2D eigenvalue weighted by Gasteiger charge is 2.61. The number of aliphatic hydroxyl groups is 2. The summed E-state index contributed by atoms with van der Waals surface area (Å²) in [7, 11) is 0. The van der Waals surface area contributed by atoms with Crippen LogP contribution in [0.3, 0.4) is 0 Å². The van der Waals surface area contributed by atoms with E-state index in [4.69, 9.17) is 9.47 Å². The van der Waals surface area contributed by atoms with Gasteiger partial charge in [-0.05, 0) is 48.1 Å². The van der Waals surface area contributed by atoms with Crippen LogP contribution in [-0.4, -0.2) is 53.2 Å². The lowest BCUT2D eigenvalue weighted by molar-refractivity contribution is -0.137. The van der Waals surface area contributed by atoms with E-state index in [2.05, 4.69) is 0 Å². The number of carbonyl (C=O) groups is 2. The lowest BCUT2D eigenvalue weighted by Crippen LogP contribution is -2.58. The zero-order valence-electron chi connectivity index (χ0n) is 16.4. The van der Waals surface area contributed by atoms with Crippen LogP contribution in [0, 0.1) is 16.7 Å². The number of carbonyl (C=O) groups excluding carboxylic acids is 2. The van der Waals surface area contributed by atoms with Gasteiger partial charge in [0.2, 0.25) is 0 Å². The Bertz CT molecular complexity index is 858. The number of cyclic esters (lactones) is 1. The highest BCUT2D eigenvalue weighted by molar-refractivity contribution is 5.93. The Kier molecular flexibility index (Phi) is 4.91. The number of aliphatic hydroxyl groups excluding tert-OH is 2. The lowest BCUT2D eigenvalue weighted by atomic mass is 9.48. The number of fused-ring (bicyclic) bond motifs is 2. The summed E-state index contributed by atoms with van der Waals surface area (Å²) in [5.74, 6) is -1.29. The average Bonchev–Trinajstić information content (AvgIpc) is 3.09. The number of esters is 2. The van der Waals surface area contributed by atoms with Crippen LogP contribution in [-0.2, 0) is 14.3 Å². The van der Waals surface area contributed by atoms with Gasteiger partial charge in [0.1, 0.15) is 18.5 Å². The fraction of sp³-hybridized carbons (Fsp3) is 0.545. The van der Waals surface area contributed by atoms with Gasteiger partial charge in [0.25, 0.3) is 0 Å². The van der Waals surface area contributed by atoms with Gasteiger partial charge in [-0.3, -0.25) is 0 Å². The van der Waals surface area contributed by atoms with E-state index in [0.717, 1.165) is 18.4 Å². The second kappa shape index (κ2) is 7.15. The van der Waals surface area contributed by atoms with Crippen molar-refractivity contribution in [2.24, 2.45) is 16.7 Å². The molecule has 1 aromatic rings. The van der Waals surface area contributed by atoms with Crippen molar-refractivity contribution in [2.75, 3.05) is 19.8 Å². The van der Waals surface area contributed by atoms with Crippen molar-refractivity contribution in [3.63, 3.8) is 0 Å². The molecule has 0 amide bonds. The van der Waals surface area contributed by atoms with Gasteiger partial charge >= 0.3 is 11.9 Å². The molecule has 1 aliphatic heterocycles. The number of aromatic hydroxyl groups is 1. The maximum absolute atomic E-state index is 12.8. The van der Waals surface area contributed by atoms with E-state index >= 15 is 0 Å². The first-order valence-electron chi connectivity index (χ1n) is 9.96. The molecule has 1 aromatic carbocycles. The van der Waals surface area contributed by atoms with E-state index in [0.29, 0.717) is 12.0 Å². The van der Waals surface area contributed by atoms with Gasteiger partial charge in [0, 0.05) is 29.9 Å². The van der Waals surface area contributed by atoms with Gasteiger partial charge in [-0.25, -0.2) is 9.59 Å². The van der Waals surface area contributed by atoms with E-state index in [9.17, 15) is 24.9 Å². The van der Waals surface area contributed by atoms with Gasteiger partial charge in [-0.1, -0.05) is 13.3 Å². The van der Waals surface area contributed by atoms with Crippen LogP contribution in [0.15, 0.2) is 35.4 Å². The van der Waals surface area contributed by atoms with Gasteiger partial charge < -0.3 is 24.8 Å². The molecular weight excluding hydrogens is 376 g/mol. The fourth-order valence-electron chi connectivity index (χ4n) is 5.70. The van der Waals surface area contributed by atoms with E-state index in [1.165, 1.54) is 24.3 Å². The summed E-state index contributed by atoms with van der Waals surface area (Å²) in [5.41, 5.74) is 0.250. The summed E-state index contributed by atoms with van der Waals surface area (Å²) in [6, 6.07) is 5.76. The molecule has 29 heavy (non-hydrogen) atoms. The van der Waals surface area contributed by atoms with Crippen molar-refractivity contribution in [3.8, 4) is 5.75 Å². The predicted octanol–water partition coefficient (Wildman–Crippen LogP) is 1.95. The molecule has 4 atom stereocenters. The minimum absolute atomic E-state index is 0.0437. The van der Waals surface area contributed by atoms with E-state index in [1.54, 1.807) is 0 Å². The third-order valence-corrected chi connectivity index (χ3v) is 7.06. The minimum atomic E-state index is -0.755. The highest BCUT2D eigenvalue weighted by Crippen LogP contribution is 2.61. The molecule has 7 nitrogen and oxygen atoms in total. The van der Waals surface area contributed by atoms with Crippen molar-refractivity contribution in [3.05, 3.63) is 41.0 Å². The van der Waals surface area contributed by atoms with Crippen LogP contribution < -0.4 is 0 Å². The maximum Gasteiger partial charge on any atom is 0.338 e. The Morgan fingerprint density at radius 1 is 1.21 bits per heavy atom. The molecule has 1 heterocycles. The molecule has 1 fully saturated rings. The quantitative estimate of drug-likeness (QED) is 0.660. The number of benzene rings is 1. The van der Waals surface area contributed by atoms with Gasteiger partial charge in [0.15, 0.2) is 0 Å². The minimum Gasteiger partial charge on any atom is -0.508 e. The molecule has 0 bridgehead atoms. The van der Waals surface area contributed by atoms with E-state index in [-0.39, 0.29) is 43.5 Å². The largest absolute Gasteiger partial charge is 0.508 e. The zero-order valence-corrected chi connectivity index (χ0v) is 16.4. The normalized spacial score (nSPS) is 33.7. The van der Waals surface area contributed by atoms with Gasteiger partial charge in [0.05, 0.1) is 12.2 Å². The summed E-state index contributed by atoms with van der Waals surface area (Å²) in [6.07, 6.45) is 1.70. The van der Waals surface area contributed by atoms with Crippen LogP contribution >= 0.6 is 0 Å². The monoisotopic (exact) mass is 402 g/mol. The predicted molar refractivity (Wildman–Crippen MR) is 102 cm³/mol. The molecule has 1 saturated carbocycles. The maximum atomic E-state index is 12.8. The number of ether oxygens (including phenoxy) is 2. The van der Waals surface area contributed by atoms with Gasteiger partial charge in [-0.2, -0.15) is 0 Å². The van der Waals surface area contributed by atoms with Crippen LogP contribution in [0.1, 0.15) is 43.0 Å². The SMILES string of the molecule is C[C@]1(CO)CCC[C@]2(CO)C3=C(C[C@@H](OC(=O)c4ccc(O)cc4)[C@@H]12)C(=O)OC3. The molecule has 4 rings (SSSR count). The first-order valence-corrected chi connectivity index (χ1v) is 9.96. The zero-order chi connectivity index (χ0) is 20.8. The molecule has 3 aliphatic rings. The van der Waals surface area contributed by atoms with Crippen LogP contribution in [0.5, 0.6) is 5.75 Å². The molecule has 0 aromatic heterocycles. The summed E-state index contributed by atoms with van der Waals surface area (Å²) >= 11 is 0. The fourth-order valence-corrected chi connectivity index (χ4v) is 5.70. The topological polar surface area (TPSA) is 113 Å². The third-order valence-electron chi connectivity index (χ3n) is 7.06. The number of rotatable bonds is 4. The second-order valence-corrected chi connectivity index (χ2v) is 8.69. The first kappa shape index (κ1) is 19.9. The van der Waals surface area contributed by atoms with Crippen molar-refractivity contribution in [2.45, 2.75) is 38.7 Å². The van der Waals surface area contributed by atoms with E-state index < -0.39 is 28.9 Å². The molecule has 0 spiro atoms. The van der Waals surface area contributed by atoms with Crippen molar-refractivity contribution in [1.29, 1.82) is 0 Å². The molecule has 0 unspecified atom stereocenters. The van der Waals surface area contributed by atoms with Gasteiger partial charge in [-0.15, -0.1) is 0 Å². The Hall–Kier alpha value is -2.38. The summed E-state index contributed by atoms with van der Waals surface area (Å²) in [5, 5.41) is 30.2. The number of hydrogen-bond acceptors (Lipinski definition) is 7. The molecule has 156 valence electrons. The van der Waals surface area contributed by atoms with Crippen molar-refractivity contribution >= 4 is 11.9 Å². The first-order chi connectivity index (χ1) is 13.8. The van der Waals surface area contributed by atoms with Crippen LogP contribution in [0.4, 0.5) is 0 Å². The molecule has 0 saturated heterocycles. The molecule has 0 radical (unpaired) electrons. The molecule has 7 heteroatoms. The van der Waals surface area contributed by atoms with Crippen LogP contribution in [0.2, 0.25) is 0 Å². The summed E-state index contributed by atoms with van der Waals surface area (Å²) in [6.45, 7) is 1.79. The van der Waals surface area contributed by atoms with E-state index in [1.807, 2.05) is 6.92 Å². The Labute approximate surface area is 168 Å². The standard InChI is InChI=1S/C22H26O7/c1-21(11-23)7-2-8-22(12-24)16-10-28-20(27)15(16)9-17(18(21)22)29-19(26)13-3-5-14(25)6-4-13/h3-6,17-18,23-25H,2,7-12H2,1H3/t17-,18+,21-,22+/m1/s1. The second-order valence-electron chi connectivity index (χ2n) is 8.69. The lowest BCUT2D eigenvalue weighted by Gasteiger charge is -2.57. The Balaban J connectivity index is 1.75. The Morgan fingerprint density at radius 2 is 1.93 bits per heavy atom. The Morgan fingerprint density at radius 3 is 2.59 bits per heavy atom. The van der Waals surface area contributed by atoms with Crippen LogP contribution in [0.25, 0.3) is 0 Å². The number of hydrogen-bond donors (Lipinski definition) is 3. The van der Waals surface area contributed by atoms with Crippen molar-refractivity contribution < 1.29 is 34.4 Å². The molecule has 2 aliphatic carbocycles. The summed E-state index contributed by atoms with van der Waals surface area (Å²) < 4.78 is 11.2. The van der Waals surface area contributed by atoms with Crippen molar-refractivity contribution in [1.82, 2.24) is 0 Å². The molecular formula is C22H26O7. The number of phenols is 1. The smallest absolute Gasteiger partial charge is 0.338 e. The average molecular weight is 402 g/mol. The molecule has 3 N–H and O–H groups in total. The third kappa shape index (κ3) is 3.04. The number of phenolic OH excluding ortho intramolecular Hbond substituents is 1.